The highest BCUT2D eigenvalue weighted by atomic mass is 32.2. The van der Waals surface area contributed by atoms with Crippen molar-refractivity contribution in [3.05, 3.63) is 0 Å². The first-order valence-corrected chi connectivity index (χ1v) is 9.72. The lowest BCUT2D eigenvalue weighted by atomic mass is 9.79. The van der Waals surface area contributed by atoms with Gasteiger partial charge in [-0.05, 0) is 56.9 Å². The lowest BCUT2D eigenvalue weighted by Crippen LogP contribution is -2.44. The molecule has 3 heteroatoms. The van der Waals surface area contributed by atoms with Crippen LogP contribution in [-0.4, -0.2) is 36.3 Å². The Morgan fingerprint density at radius 2 is 2.10 bits per heavy atom. The summed E-state index contributed by atoms with van der Waals surface area (Å²) in [4.78, 5) is 0. The molecule has 0 radical (unpaired) electrons. The van der Waals surface area contributed by atoms with Crippen molar-refractivity contribution in [3.63, 3.8) is 0 Å². The van der Waals surface area contributed by atoms with Gasteiger partial charge in [0.25, 0.3) is 0 Å². The van der Waals surface area contributed by atoms with Crippen LogP contribution in [0.5, 0.6) is 0 Å². The molecule has 1 saturated heterocycles. The van der Waals surface area contributed by atoms with Crippen LogP contribution in [0.3, 0.4) is 0 Å². The second kappa shape index (κ2) is 8.65. The first-order valence-electron chi connectivity index (χ1n) is 8.67. The zero-order chi connectivity index (χ0) is 14.4. The Bertz CT molecular complexity index is 266. The van der Waals surface area contributed by atoms with Gasteiger partial charge in [-0.2, -0.15) is 11.8 Å². The van der Waals surface area contributed by atoms with Crippen LogP contribution in [0.15, 0.2) is 0 Å². The predicted octanol–water partition coefficient (Wildman–Crippen LogP) is 4.09. The van der Waals surface area contributed by atoms with Crippen LogP contribution in [0.2, 0.25) is 0 Å². The third-order valence-electron chi connectivity index (χ3n) is 4.95. The molecular formula is C17H33NOS. The second-order valence-electron chi connectivity index (χ2n) is 6.88. The monoisotopic (exact) mass is 299 g/mol. The topological polar surface area (TPSA) is 21.3 Å². The summed E-state index contributed by atoms with van der Waals surface area (Å²) in [5.74, 6) is 2.98. The molecule has 0 spiro atoms. The molecule has 2 fully saturated rings. The van der Waals surface area contributed by atoms with Crippen LogP contribution < -0.4 is 5.32 Å². The largest absolute Gasteiger partial charge is 0.377 e. The van der Waals surface area contributed by atoms with E-state index in [0.29, 0.717) is 6.10 Å². The first-order chi connectivity index (χ1) is 9.70. The SMILES string of the molecule is CCCNC1CCC(C(C)C)CC1SCC1CCCO1. The lowest BCUT2D eigenvalue weighted by molar-refractivity contribution is 0.128. The molecule has 2 nitrogen and oxygen atoms in total. The zero-order valence-electron chi connectivity index (χ0n) is 13.6. The summed E-state index contributed by atoms with van der Waals surface area (Å²) in [6.07, 6.45) is 8.50. The normalized spacial score (nSPS) is 34.8. The van der Waals surface area contributed by atoms with Crippen molar-refractivity contribution in [2.45, 2.75) is 76.7 Å². The maximum atomic E-state index is 5.79. The number of nitrogens with one attached hydrogen (secondary N) is 1. The fraction of sp³-hybridized carbons (Fsp3) is 1.00. The predicted molar refractivity (Wildman–Crippen MR) is 89.5 cm³/mol. The van der Waals surface area contributed by atoms with Gasteiger partial charge in [0.15, 0.2) is 0 Å². The third kappa shape index (κ3) is 4.92. The summed E-state index contributed by atoms with van der Waals surface area (Å²) in [6.45, 7) is 9.22. The molecule has 118 valence electrons. The molecule has 2 aliphatic rings. The van der Waals surface area contributed by atoms with Crippen molar-refractivity contribution < 1.29 is 4.74 Å². The Balaban J connectivity index is 1.83. The maximum absolute atomic E-state index is 5.79. The molecule has 0 aromatic carbocycles. The Hall–Kier alpha value is 0.270. The van der Waals surface area contributed by atoms with Crippen molar-refractivity contribution in [2.24, 2.45) is 11.8 Å². The molecule has 0 aromatic heterocycles. The van der Waals surface area contributed by atoms with Crippen molar-refractivity contribution in [1.82, 2.24) is 5.32 Å². The van der Waals surface area contributed by atoms with Crippen molar-refractivity contribution >= 4 is 11.8 Å². The summed E-state index contributed by atoms with van der Waals surface area (Å²) in [5, 5.41) is 4.59. The molecule has 1 saturated carbocycles. The van der Waals surface area contributed by atoms with Crippen LogP contribution in [0, 0.1) is 11.8 Å². The Kier molecular flexibility index (Phi) is 7.20. The van der Waals surface area contributed by atoms with Gasteiger partial charge in [0, 0.05) is 23.7 Å². The van der Waals surface area contributed by atoms with Gasteiger partial charge < -0.3 is 10.1 Å². The van der Waals surface area contributed by atoms with E-state index in [1.165, 1.54) is 50.8 Å². The summed E-state index contributed by atoms with van der Waals surface area (Å²) < 4.78 is 5.79. The van der Waals surface area contributed by atoms with Gasteiger partial charge in [-0.15, -0.1) is 0 Å². The van der Waals surface area contributed by atoms with Gasteiger partial charge in [-0.1, -0.05) is 20.8 Å². The van der Waals surface area contributed by atoms with E-state index in [-0.39, 0.29) is 0 Å². The Morgan fingerprint density at radius 3 is 2.75 bits per heavy atom. The van der Waals surface area contributed by atoms with Crippen LogP contribution >= 0.6 is 11.8 Å². The summed E-state index contributed by atoms with van der Waals surface area (Å²) in [6, 6.07) is 0.733. The van der Waals surface area contributed by atoms with Gasteiger partial charge in [0.2, 0.25) is 0 Å². The third-order valence-corrected chi connectivity index (χ3v) is 6.47. The van der Waals surface area contributed by atoms with E-state index in [9.17, 15) is 0 Å². The van der Waals surface area contributed by atoms with Crippen LogP contribution in [0.4, 0.5) is 0 Å². The minimum atomic E-state index is 0.534. The second-order valence-corrected chi connectivity index (χ2v) is 8.16. The van der Waals surface area contributed by atoms with E-state index in [1.807, 2.05) is 0 Å². The molecule has 4 unspecified atom stereocenters. The van der Waals surface area contributed by atoms with E-state index in [2.05, 4.69) is 37.8 Å². The van der Waals surface area contributed by atoms with E-state index in [0.717, 1.165) is 29.7 Å². The highest BCUT2D eigenvalue weighted by molar-refractivity contribution is 8.00. The fourth-order valence-corrected chi connectivity index (χ4v) is 5.09. The summed E-state index contributed by atoms with van der Waals surface area (Å²) >= 11 is 2.19. The quantitative estimate of drug-likeness (QED) is 0.765. The minimum absolute atomic E-state index is 0.534. The molecular weight excluding hydrogens is 266 g/mol. The molecule has 0 bridgehead atoms. The Labute approximate surface area is 129 Å². The number of thioether (sulfide) groups is 1. The van der Waals surface area contributed by atoms with Crippen molar-refractivity contribution in [1.29, 1.82) is 0 Å². The van der Waals surface area contributed by atoms with Gasteiger partial charge in [0.05, 0.1) is 6.10 Å². The van der Waals surface area contributed by atoms with Crippen LogP contribution in [-0.2, 0) is 4.74 Å². The van der Waals surface area contributed by atoms with Gasteiger partial charge in [-0.3, -0.25) is 0 Å². The van der Waals surface area contributed by atoms with Crippen LogP contribution in [0.25, 0.3) is 0 Å². The van der Waals surface area contributed by atoms with Gasteiger partial charge >= 0.3 is 0 Å². The lowest BCUT2D eigenvalue weighted by Gasteiger charge is -2.38. The van der Waals surface area contributed by atoms with Crippen LogP contribution in [0.1, 0.15) is 59.3 Å². The Morgan fingerprint density at radius 1 is 1.25 bits per heavy atom. The van der Waals surface area contributed by atoms with Gasteiger partial charge in [0.1, 0.15) is 0 Å². The number of hydrogen-bond donors (Lipinski definition) is 1. The molecule has 1 N–H and O–H groups in total. The molecule has 1 aliphatic carbocycles. The summed E-state index contributed by atoms with van der Waals surface area (Å²) in [5.41, 5.74) is 0. The maximum Gasteiger partial charge on any atom is 0.0666 e. The molecule has 2 rings (SSSR count). The summed E-state index contributed by atoms with van der Waals surface area (Å²) in [7, 11) is 0. The van der Waals surface area contributed by atoms with E-state index in [4.69, 9.17) is 4.74 Å². The smallest absolute Gasteiger partial charge is 0.0666 e. The first kappa shape index (κ1) is 16.6. The fourth-order valence-electron chi connectivity index (χ4n) is 3.52. The molecule has 20 heavy (non-hydrogen) atoms. The number of hydrogen-bond acceptors (Lipinski definition) is 3. The number of rotatable bonds is 7. The van der Waals surface area contributed by atoms with E-state index in [1.54, 1.807) is 0 Å². The average molecular weight is 300 g/mol. The average Bonchev–Trinajstić information content (AvgIpc) is 2.96. The van der Waals surface area contributed by atoms with Crippen molar-refractivity contribution in [2.75, 3.05) is 18.9 Å². The van der Waals surface area contributed by atoms with E-state index >= 15 is 0 Å². The highest BCUT2D eigenvalue weighted by Crippen LogP contribution is 2.37. The van der Waals surface area contributed by atoms with E-state index < -0.39 is 0 Å². The molecule has 1 heterocycles. The molecule has 1 aliphatic heterocycles. The standard InChI is InChI=1S/C17H33NOS/c1-4-9-18-16-8-7-14(13(2)3)11-17(16)20-12-15-6-5-10-19-15/h13-18H,4-12H2,1-3H3. The highest BCUT2D eigenvalue weighted by Gasteiger charge is 2.32. The molecule has 0 aromatic rings. The van der Waals surface area contributed by atoms with Gasteiger partial charge in [-0.25, -0.2) is 0 Å². The molecule has 0 amide bonds. The zero-order valence-corrected chi connectivity index (χ0v) is 14.4. The minimum Gasteiger partial charge on any atom is -0.377 e. The van der Waals surface area contributed by atoms with Crippen molar-refractivity contribution in [3.8, 4) is 0 Å². The number of ether oxygens (including phenoxy) is 1. The molecule has 4 atom stereocenters.